The van der Waals surface area contributed by atoms with Crippen LogP contribution in [0.2, 0.25) is 0 Å². The average Bonchev–Trinajstić information content (AvgIpc) is 2.08. The summed E-state index contributed by atoms with van der Waals surface area (Å²) in [5.41, 5.74) is 0. The molecule has 4 heteroatoms. The molecule has 1 rings (SSSR count). The number of carbonyl (C=O) groups is 4. The molecule has 0 heterocycles. The molecule has 0 spiro atoms. The first-order chi connectivity index (χ1) is 6.50. The maximum atomic E-state index is 11.4. The first-order valence-electron chi connectivity index (χ1n) is 4.57. The van der Waals surface area contributed by atoms with Crippen molar-refractivity contribution in [2.75, 3.05) is 0 Å². The number of carbonyl (C=O) groups excluding carboxylic acids is 4. The lowest BCUT2D eigenvalue weighted by atomic mass is 9.83. The van der Waals surface area contributed by atoms with Gasteiger partial charge in [-0.05, 0) is 6.92 Å². The number of hydrogen-bond acceptors (Lipinski definition) is 4. The van der Waals surface area contributed by atoms with Crippen molar-refractivity contribution in [3.05, 3.63) is 0 Å². The Bertz CT molecular complexity index is 303. The van der Waals surface area contributed by atoms with Crippen LogP contribution in [-0.2, 0) is 19.2 Å². The number of Topliss-reactive ketones (excluding diaryl/α,β-unsaturated/α-hetero) is 4. The zero-order valence-electron chi connectivity index (χ0n) is 8.04. The van der Waals surface area contributed by atoms with Gasteiger partial charge < -0.3 is 0 Å². The van der Waals surface area contributed by atoms with Gasteiger partial charge in [0.1, 0.15) is 17.3 Å². The Morgan fingerprint density at radius 1 is 1.29 bits per heavy atom. The normalized spacial score (nSPS) is 22.2. The van der Waals surface area contributed by atoms with Crippen molar-refractivity contribution in [2.45, 2.75) is 32.6 Å². The molecule has 0 aromatic rings. The zero-order chi connectivity index (χ0) is 10.7. The molecule has 0 radical (unpaired) electrons. The van der Waals surface area contributed by atoms with Crippen LogP contribution in [0.3, 0.4) is 0 Å². The molecule has 0 aliphatic heterocycles. The van der Waals surface area contributed by atoms with E-state index < -0.39 is 11.7 Å². The lowest BCUT2D eigenvalue weighted by molar-refractivity contribution is -0.140. The third kappa shape index (κ3) is 2.58. The lowest BCUT2D eigenvalue weighted by Gasteiger charge is -2.17. The van der Waals surface area contributed by atoms with Crippen molar-refractivity contribution < 1.29 is 19.2 Å². The van der Waals surface area contributed by atoms with Crippen molar-refractivity contribution in [3.63, 3.8) is 0 Å². The third-order valence-electron chi connectivity index (χ3n) is 2.28. The predicted molar refractivity (Wildman–Crippen MR) is 47.7 cm³/mol. The second kappa shape index (κ2) is 4.26. The molecule has 4 nitrogen and oxygen atoms in total. The molecule has 1 aliphatic rings. The van der Waals surface area contributed by atoms with Crippen molar-refractivity contribution in [1.82, 2.24) is 0 Å². The summed E-state index contributed by atoms with van der Waals surface area (Å²) in [6, 6.07) is 0. The average molecular weight is 196 g/mol. The van der Waals surface area contributed by atoms with Crippen LogP contribution < -0.4 is 0 Å². The predicted octanol–water partition coefficient (Wildman–Crippen LogP) is 0.473. The van der Waals surface area contributed by atoms with E-state index in [1.165, 1.54) is 6.92 Å². The molecule has 0 amide bonds. The summed E-state index contributed by atoms with van der Waals surface area (Å²) in [6.07, 6.45) is 0.143. The van der Waals surface area contributed by atoms with Crippen LogP contribution in [-0.4, -0.2) is 23.1 Å². The minimum Gasteiger partial charge on any atom is -0.300 e. The molecule has 1 atom stereocenters. The Kier molecular flexibility index (Phi) is 3.28. The quantitative estimate of drug-likeness (QED) is 0.615. The van der Waals surface area contributed by atoms with E-state index in [1.807, 2.05) is 0 Å². The van der Waals surface area contributed by atoms with Crippen LogP contribution in [0, 0.1) is 5.92 Å². The van der Waals surface area contributed by atoms with Crippen LogP contribution in [0.15, 0.2) is 0 Å². The molecule has 0 saturated heterocycles. The molecule has 1 unspecified atom stereocenters. The van der Waals surface area contributed by atoms with E-state index in [-0.39, 0.29) is 43.0 Å². The molecular weight excluding hydrogens is 184 g/mol. The molecule has 1 fully saturated rings. The summed E-state index contributed by atoms with van der Waals surface area (Å²) in [7, 11) is 0. The first-order valence-corrected chi connectivity index (χ1v) is 4.57. The smallest absolute Gasteiger partial charge is 0.151 e. The van der Waals surface area contributed by atoms with Crippen molar-refractivity contribution in [2.24, 2.45) is 5.92 Å². The topological polar surface area (TPSA) is 68.3 Å². The molecule has 0 aromatic heterocycles. The van der Waals surface area contributed by atoms with Gasteiger partial charge in [0, 0.05) is 19.3 Å². The van der Waals surface area contributed by atoms with Crippen molar-refractivity contribution in [3.8, 4) is 0 Å². The molecule has 0 aromatic carbocycles. The number of hydrogen-bond donors (Lipinski definition) is 0. The SMILES string of the molecule is CC(=O)CC(=O)C1CC(=O)CCC1=O. The van der Waals surface area contributed by atoms with E-state index in [0.29, 0.717) is 0 Å². The Hall–Kier alpha value is -1.32. The van der Waals surface area contributed by atoms with Crippen LogP contribution >= 0.6 is 0 Å². The second-order valence-corrected chi connectivity index (χ2v) is 3.61. The highest BCUT2D eigenvalue weighted by molar-refractivity contribution is 6.12. The minimum atomic E-state index is -0.847. The van der Waals surface area contributed by atoms with Gasteiger partial charge in [-0.15, -0.1) is 0 Å². The molecule has 1 saturated carbocycles. The van der Waals surface area contributed by atoms with E-state index in [1.54, 1.807) is 0 Å². The van der Waals surface area contributed by atoms with E-state index in [9.17, 15) is 19.2 Å². The fraction of sp³-hybridized carbons (Fsp3) is 0.600. The van der Waals surface area contributed by atoms with Gasteiger partial charge in [-0.2, -0.15) is 0 Å². The van der Waals surface area contributed by atoms with E-state index in [0.717, 1.165) is 0 Å². The molecular formula is C10H12O4. The van der Waals surface area contributed by atoms with Gasteiger partial charge in [0.15, 0.2) is 5.78 Å². The standard InChI is InChI=1S/C10H12O4/c1-6(11)4-10(14)8-5-7(12)2-3-9(8)13/h8H,2-5H2,1H3. The molecule has 14 heavy (non-hydrogen) atoms. The summed E-state index contributed by atoms with van der Waals surface area (Å²) in [5.74, 6) is -1.78. The highest BCUT2D eigenvalue weighted by Crippen LogP contribution is 2.20. The lowest BCUT2D eigenvalue weighted by Crippen LogP contribution is -2.32. The summed E-state index contributed by atoms with van der Waals surface area (Å²) >= 11 is 0. The molecule has 0 bridgehead atoms. The fourth-order valence-electron chi connectivity index (χ4n) is 1.54. The first kappa shape index (κ1) is 10.8. The highest BCUT2D eigenvalue weighted by Gasteiger charge is 2.32. The van der Waals surface area contributed by atoms with Crippen LogP contribution in [0.4, 0.5) is 0 Å². The van der Waals surface area contributed by atoms with Gasteiger partial charge >= 0.3 is 0 Å². The van der Waals surface area contributed by atoms with Gasteiger partial charge in [-0.25, -0.2) is 0 Å². The Morgan fingerprint density at radius 3 is 2.50 bits per heavy atom. The van der Waals surface area contributed by atoms with E-state index in [2.05, 4.69) is 0 Å². The minimum absolute atomic E-state index is 0.00898. The largest absolute Gasteiger partial charge is 0.300 e. The van der Waals surface area contributed by atoms with Gasteiger partial charge in [-0.1, -0.05) is 0 Å². The monoisotopic (exact) mass is 196 g/mol. The maximum absolute atomic E-state index is 11.4. The fourth-order valence-corrected chi connectivity index (χ4v) is 1.54. The summed E-state index contributed by atoms with van der Waals surface area (Å²) in [4.78, 5) is 44.3. The van der Waals surface area contributed by atoms with Gasteiger partial charge in [0.05, 0.1) is 12.3 Å². The van der Waals surface area contributed by atoms with Crippen molar-refractivity contribution in [1.29, 1.82) is 0 Å². The van der Waals surface area contributed by atoms with E-state index >= 15 is 0 Å². The molecule has 1 aliphatic carbocycles. The second-order valence-electron chi connectivity index (χ2n) is 3.61. The Labute approximate surface area is 81.7 Å². The number of rotatable bonds is 3. The van der Waals surface area contributed by atoms with Gasteiger partial charge in [0.25, 0.3) is 0 Å². The van der Waals surface area contributed by atoms with Crippen LogP contribution in [0.1, 0.15) is 32.6 Å². The maximum Gasteiger partial charge on any atom is 0.151 e. The summed E-state index contributed by atoms with van der Waals surface area (Å²) in [6.45, 7) is 1.30. The number of ketones is 4. The summed E-state index contributed by atoms with van der Waals surface area (Å²) < 4.78 is 0. The third-order valence-corrected chi connectivity index (χ3v) is 2.28. The van der Waals surface area contributed by atoms with Gasteiger partial charge in [-0.3, -0.25) is 19.2 Å². The van der Waals surface area contributed by atoms with Crippen LogP contribution in [0.5, 0.6) is 0 Å². The highest BCUT2D eigenvalue weighted by atomic mass is 16.2. The zero-order valence-corrected chi connectivity index (χ0v) is 8.04. The molecule has 76 valence electrons. The molecule has 0 N–H and O–H groups in total. The Balaban J connectivity index is 2.65. The van der Waals surface area contributed by atoms with Crippen LogP contribution in [0.25, 0.3) is 0 Å². The van der Waals surface area contributed by atoms with Crippen molar-refractivity contribution >= 4 is 23.1 Å². The van der Waals surface area contributed by atoms with Gasteiger partial charge in [0.2, 0.25) is 0 Å². The van der Waals surface area contributed by atoms with E-state index in [4.69, 9.17) is 0 Å². The summed E-state index contributed by atoms with van der Waals surface area (Å²) in [5, 5.41) is 0. The Morgan fingerprint density at radius 2 is 1.93 bits per heavy atom.